The Morgan fingerprint density at radius 3 is 1.97 bits per heavy atom. The van der Waals surface area contributed by atoms with E-state index in [2.05, 4.69) is 4.72 Å². The summed E-state index contributed by atoms with van der Waals surface area (Å²) in [5.74, 6) is -1.83. The van der Waals surface area contributed by atoms with Crippen molar-refractivity contribution in [2.75, 3.05) is 10.0 Å². The van der Waals surface area contributed by atoms with Crippen LogP contribution in [0.25, 0.3) is 0 Å². The van der Waals surface area contributed by atoms with Crippen molar-refractivity contribution in [1.82, 2.24) is 0 Å². The normalized spacial score (nSPS) is 14.5. The zero-order valence-electron chi connectivity index (χ0n) is 15.2. The molecule has 0 saturated carbocycles. The van der Waals surface area contributed by atoms with Crippen molar-refractivity contribution in [3.05, 3.63) is 47.5 Å². The molecule has 0 aromatic heterocycles. The van der Waals surface area contributed by atoms with Gasteiger partial charge in [-0.1, -0.05) is 11.6 Å². The molecule has 0 aliphatic heterocycles. The SMILES string of the molecule is C[C@@](O)(C(=O)Nc1ccc(S(=O)(=O)Nc2ccc(S(=O)(=O)F)cc2)cc1Cl)C(F)(F)F. The van der Waals surface area contributed by atoms with Gasteiger partial charge in [-0.2, -0.15) is 21.6 Å². The second-order valence-corrected chi connectivity index (χ2v) is 9.67. The van der Waals surface area contributed by atoms with Crippen molar-refractivity contribution < 1.29 is 43.8 Å². The average Bonchev–Trinajstić information content (AvgIpc) is 2.61. The fourth-order valence-corrected chi connectivity index (χ4v) is 3.87. The summed E-state index contributed by atoms with van der Waals surface area (Å²) in [6.45, 7) is 0.235. The van der Waals surface area contributed by atoms with E-state index in [4.69, 9.17) is 11.6 Å². The summed E-state index contributed by atoms with van der Waals surface area (Å²) < 4.78 is 99.5. The maximum atomic E-state index is 12.9. The van der Waals surface area contributed by atoms with Gasteiger partial charge in [0.25, 0.3) is 15.9 Å². The smallest absolute Gasteiger partial charge is 0.373 e. The van der Waals surface area contributed by atoms with E-state index in [1.807, 2.05) is 0 Å². The summed E-state index contributed by atoms with van der Waals surface area (Å²) >= 11 is 5.84. The molecule has 1 amide bonds. The van der Waals surface area contributed by atoms with Crippen LogP contribution in [0, 0.1) is 0 Å². The number of sulfonamides is 1. The molecule has 2 aromatic carbocycles. The lowest BCUT2D eigenvalue weighted by molar-refractivity contribution is -0.242. The van der Waals surface area contributed by atoms with Crippen LogP contribution in [0.2, 0.25) is 5.02 Å². The standard InChI is InChI=1S/C16H13ClF4N2O6S2/c1-15(25,16(18,19)20)14(24)22-13-7-6-11(8-12(13)17)31(28,29)23-9-2-4-10(5-3-9)30(21,26)27/h2-8,23,25H,1H3,(H,22,24)/t15-/m1/s1. The summed E-state index contributed by atoms with van der Waals surface area (Å²) in [6.07, 6.45) is -5.27. The van der Waals surface area contributed by atoms with E-state index >= 15 is 0 Å². The van der Waals surface area contributed by atoms with E-state index < -0.39 is 58.4 Å². The Bertz CT molecular complexity index is 1210. The fourth-order valence-electron chi connectivity index (χ4n) is 2.04. The summed E-state index contributed by atoms with van der Waals surface area (Å²) in [6, 6.07) is 6.25. The first-order chi connectivity index (χ1) is 13.9. The number of alkyl halides is 3. The maximum absolute atomic E-state index is 12.9. The molecule has 0 unspecified atom stereocenters. The van der Waals surface area contributed by atoms with Crippen LogP contribution in [0.1, 0.15) is 6.92 Å². The van der Waals surface area contributed by atoms with Gasteiger partial charge < -0.3 is 10.4 Å². The number of halogens is 5. The number of hydrogen-bond acceptors (Lipinski definition) is 6. The second kappa shape index (κ2) is 8.26. The molecular weight excluding hydrogens is 492 g/mol. The molecule has 0 heterocycles. The largest absolute Gasteiger partial charge is 0.426 e. The van der Waals surface area contributed by atoms with Crippen molar-refractivity contribution in [1.29, 1.82) is 0 Å². The predicted octanol–water partition coefficient (Wildman–Crippen LogP) is 3.05. The molecule has 170 valence electrons. The monoisotopic (exact) mass is 504 g/mol. The van der Waals surface area contributed by atoms with Crippen molar-refractivity contribution in [2.24, 2.45) is 0 Å². The third-order valence-electron chi connectivity index (χ3n) is 3.88. The lowest BCUT2D eigenvalue weighted by Gasteiger charge is -2.25. The van der Waals surface area contributed by atoms with Crippen molar-refractivity contribution in [2.45, 2.75) is 28.5 Å². The van der Waals surface area contributed by atoms with Crippen LogP contribution in [-0.4, -0.2) is 39.6 Å². The number of aliphatic hydroxyl groups is 1. The Hall–Kier alpha value is -2.42. The average molecular weight is 505 g/mol. The second-order valence-electron chi connectivity index (χ2n) is 6.23. The summed E-state index contributed by atoms with van der Waals surface area (Å²) in [5, 5.41) is 10.6. The van der Waals surface area contributed by atoms with Gasteiger partial charge in [-0.25, -0.2) is 8.42 Å². The molecule has 0 saturated heterocycles. The van der Waals surface area contributed by atoms with E-state index in [1.165, 1.54) is 0 Å². The highest BCUT2D eigenvalue weighted by Gasteiger charge is 2.55. The zero-order valence-corrected chi connectivity index (χ0v) is 17.6. The number of nitrogens with one attached hydrogen (secondary N) is 2. The molecule has 2 aromatic rings. The minimum atomic E-state index is -5.27. The van der Waals surface area contributed by atoms with Crippen LogP contribution < -0.4 is 10.0 Å². The molecule has 0 radical (unpaired) electrons. The minimum absolute atomic E-state index is 0.123. The van der Waals surface area contributed by atoms with Gasteiger partial charge in [0.05, 0.1) is 20.5 Å². The zero-order chi connectivity index (χ0) is 23.8. The molecule has 0 fully saturated rings. The van der Waals surface area contributed by atoms with E-state index in [9.17, 15) is 43.8 Å². The van der Waals surface area contributed by atoms with Crippen LogP contribution >= 0.6 is 11.6 Å². The fraction of sp³-hybridized carbons (Fsp3) is 0.188. The van der Waals surface area contributed by atoms with Crippen molar-refractivity contribution in [3.8, 4) is 0 Å². The highest BCUT2D eigenvalue weighted by atomic mass is 35.5. The third kappa shape index (κ3) is 5.64. The maximum Gasteiger partial charge on any atom is 0.426 e. The Morgan fingerprint density at radius 2 is 1.52 bits per heavy atom. The van der Waals surface area contributed by atoms with Gasteiger partial charge in [0, 0.05) is 5.69 Å². The van der Waals surface area contributed by atoms with Crippen LogP contribution in [0.5, 0.6) is 0 Å². The van der Waals surface area contributed by atoms with E-state index in [0.717, 1.165) is 42.5 Å². The van der Waals surface area contributed by atoms with Gasteiger partial charge in [0.1, 0.15) is 0 Å². The summed E-state index contributed by atoms with van der Waals surface area (Å²) in [5.41, 5.74) is -4.24. The molecular formula is C16H13ClF4N2O6S2. The van der Waals surface area contributed by atoms with Gasteiger partial charge >= 0.3 is 16.4 Å². The molecule has 15 heteroatoms. The van der Waals surface area contributed by atoms with Crippen LogP contribution in [0.4, 0.5) is 28.4 Å². The van der Waals surface area contributed by atoms with Crippen LogP contribution in [-0.2, 0) is 25.0 Å². The number of carbonyl (C=O) groups is 1. The molecule has 0 aliphatic rings. The van der Waals surface area contributed by atoms with Crippen molar-refractivity contribution in [3.63, 3.8) is 0 Å². The highest BCUT2D eigenvalue weighted by Crippen LogP contribution is 2.33. The Kier molecular flexibility index (Phi) is 6.62. The molecule has 1 atom stereocenters. The lowest BCUT2D eigenvalue weighted by atomic mass is 10.1. The third-order valence-corrected chi connectivity index (χ3v) is 6.41. The Morgan fingerprint density at radius 1 is 1.00 bits per heavy atom. The number of amides is 1. The number of anilines is 2. The van der Waals surface area contributed by atoms with Gasteiger partial charge in [-0.15, -0.1) is 3.89 Å². The first kappa shape index (κ1) is 24.8. The van der Waals surface area contributed by atoms with Crippen molar-refractivity contribution >= 4 is 49.1 Å². The highest BCUT2D eigenvalue weighted by molar-refractivity contribution is 7.92. The number of benzene rings is 2. The molecule has 0 bridgehead atoms. The summed E-state index contributed by atoms with van der Waals surface area (Å²) in [7, 11) is -9.27. The minimum Gasteiger partial charge on any atom is -0.373 e. The topological polar surface area (TPSA) is 130 Å². The molecule has 2 rings (SSSR count). The number of carbonyl (C=O) groups excluding carboxylic acids is 1. The van der Waals surface area contributed by atoms with Gasteiger partial charge in [-0.3, -0.25) is 9.52 Å². The van der Waals surface area contributed by atoms with E-state index in [1.54, 1.807) is 5.32 Å². The van der Waals surface area contributed by atoms with Crippen LogP contribution in [0.15, 0.2) is 52.3 Å². The first-order valence-electron chi connectivity index (χ1n) is 7.93. The molecule has 0 spiro atoms. The Labute approximate surface area is 179 Å². The van der Waals surface area contributed by atoms with Gasteiger partial charge in [0.2, 0.25) is 5.60 Å². The van der Waals surface area contributed by atoms with Gasteiger partial charge in [-0.05, 0) is 49.4 Å². The Balaban J connectivity index is 2.24. The molecule has 0 aliphatic carbocycles. The number of rotatable bonds is 6. The molecule has 31 heavy (non-hydrogen) atoms. The lowest BCUT2D eigenvalue weighted by Crippen LogP contribution is -2.52. The molecule has 8 nitrogen and oxygen atoms in total. The number of hydrogen-bond donors (Lipinski definition) is 3. The van der Waals surface area contributed by atoms with E-state index in [-0.39, 0.29) is 12.6 Å². The summed E-state index contributed by atoms with van der Waals surface area (Å²) in [4.78, 5) is 10.6. The van der Waals surface area contributed by atoms with E-state index in [0.29, 0.717) is 0 Å². The van der Waals surface area contributed by atoms with Gasteiger partial charge in [0.15, 0.2) is 0 Å². The first-order valence-corrected chi connectivity index (χ1v) is 11.2. The van der Waals surface area contributed by atoms with Crippen LogP contribution in [0.3, 0.4) is 0 Å². The quantitative estimate of drug-likeness (QED) is 0.409. The predicted molar refractivity (Wildman–Crippen MR) is 102 cm³/mol. The molecule has 3 N–H and O–H groups in total.